The van der Waals surface area contributed by atoms with Gasteiger partial charge < -0.3 is 15.2 Å². The van der Waals surface area contributed by atoms with E-state index in [1.54, 1.807) is 0 Å². The number of carbonyl (C=O) groups is 1. The summed E-state index contributed by atoms with van der Waals surface area (Å²) in [4.78, 5) is 13.1. The number of primary amides is 1. The molecule has 2 heterocycles. The lowest BCUT2D eigenvalue weighted by atomic mass is 10.0. The van der Waals surface area contributed by atoms with Gasteiger partial charge in [-0.1, -0.05) is 0 Å². The van der Waals surface area contributed by atoms with Crippen LogP contribution in [-0.4, -0.2) is 48.9 Å². The molecule has 1 unspecified atom stereocenters. The van der Waals surface area contributed by atoms with E-state index < -0.39 is 0 Å². The van der Waals surface area contributed by atoms with Crippen LogP contribution >= 0.6 is 0 Å². The molecule has 5 heteroatoms. The van der Waals surface area contributed by atoms with Gasteiger partial charge in [0.2, 0.25) is 5.91 Å². The van der Waals surface area contributed by atoms with Gasteiger partial charge in [0.25, 0.3) is 0 Å². The second-order valence-corrected chi connectivity index (χ2v) is 4.66. The fourth-order valence-corrected chi connectivity index (χ4v) is 2.51. The van der Waals surface area contributed by atoms with E-state index in [0.717, 1.165) is 25.9 Å². The molecule has 2 N–H and O–H groups in total. The highest BCUT2D eigenvalue weighted by Crippen LogP contribution is 2.32. The van der Waals surface area contributed by atoms with E-state index in [0.29, 0.717) is 19.6 Å². The number of amides is 1. The van der Waals surface area contributed by atoms with Crippen molar-refractivity contribution in [2.24, 2.45) is 5.73 Å². The summed E-state index contributed by atoms with van der Waals surface area (Å²) in [5.74, 6) is -0.565. The van der Waals surface area contributed by atoms with Crippen molar-refractivity contribution in [3.63, 3.8) is 0 Å². The van der Waals surface area contributed by atoms with Crippen LogP contribution in [0.15, 0.2) is 0 Å². The number of nitrogens with zero attached hydrogens (tertiary/aromatic N) is 1. The van der Waals surface area contributed by atoms with Crippen LogP contribution in [0.3, 0.4) is 0 Å². The normalized spacial score (nSPS) is 27.1. The highest BCUT2D eigenvalue weighted by molar-refractivity contribution is 5.74. The van der Waals surface area contributed by atoms with E-state index >= 15 is 0 Å². The van der Waals surface area contributed by atoms with Gasteiger partial charge in [-0.05, 0) is 6.92 Å². The Bertz CT molecular complexity index is 254. The van der Waals surface area contributed by atoms with Crippen LogP contribution in [0.2, 0.25) is 0 Å². The van der Waals surface area contributed by atoms with Crippen molar-refractivity contribution in [2.45, 2.75) is 38.0 Å². The van der Waals surface area contributed by atoms with Gasteiger partial charge in [-0.15, -0.1) is 0 Å². The van der Waals surface area contributed by atoms with E-state index in [1.807, 2.05) is 6.92 Å². The van der Waals surface area contributed by atoms with Gasteiger partial charge in [0, 0.05) is 38.4 Å². The Labute approximate surface area is 95.9 Å². The molecule has 2 aliphatic rings. The third-order valence-electron chi connectivity index (χ3n) is 3.49. The number of piperidine rings is 1. The predicted octanol–water partition coefficient (Wildman–Crippen LogP) is 0.0892. The molecule has 0 aliphatic carbocycles. The van der Waals surface area contributed by atoms with Crippen LogP contribution in [0, 0.1) is 0 Å². The van der Waals surface area contributed by atoms with Gasteiger partial charge in [-0.2, -0.15) is 0 Å². The van der Waals surface area contributed by atoms with E-state index in [4.69, 9.17) is 15.2 Å². The molecule has 0 aromatic carbocycles. The minimum Gasteiger partial charge on any atom is -0.370 e. The van der Waals surface area contributed by atoms with E-state index in [-0.39, 0.29) is 17.7 Å². The summed E-state index contributed by atoms with van der Waals surface area (Å²) >= 11 is 0. The lowest BCUT2D eigenvalue weighted by Gasteiger charge is -2.40. The van der Waals surface area contributed by atoms with Gasteiger partial charge in [-0.25, -0.2) is 0 Å². The Morgan fingerprint density at radius 3 is 2.44 bits per heavy atom. The minimum atomic E-state index is -0.330. The van der Waals surface area contributed by atoms with Crippen LogP contribution in [0.1, 0.15) is 26.2 Å². The molecular formula is C11H20N2O3. The van der Waals surface area contributed by atoms with E-state index in [9.17, 15) is 4.79 Å². The number of ether oxygens (including phenoxy) is 2. The molecule has 2 saturated heterocycles. The number of likely N-dealkylation sites (tertiary alicyclic amines) is 1. The summed E-state index contributed by atoms with van der Waals surface area (Å²) in [5.41, 5.74) is 5.20. The third kappa shape index (κ3) is 2.53. The Morgan fingerprint density at radius 1 is 1.38 bits per heavy atom. The first-order chi connectivity index (χ1) is 7.61. The van der Waals surface area contributed by atoms with Gasteiger partial charge in [0.1, 0.15) is 0 Å². The maximum atomic E-state index is 10.8. The average Bonchev–Trinajstić information content (AvgIpc) is 2.66. The molecule has 0 aromatic heterocycles. The lowest BCUT2D eigenvalue weighted by molar-refractivity contribution is -0.187. The average molecular weight is 228 g/mol. The van der Waals surface area contributed by atoms with Crippen molar-refractivity contribution >= 4 is 5.91 Å². The maximum Gasteiger partial charge on any atom is 0.218 e. The SMILES string of the molecule is CC(CC(N)=O)N1CCC2(CC1)OCCO2. The Balaban J connectivity index is 1.82. The second-order valence-electron chi connectivity index (χ2n) is 4.66. The molecule has 0 saturated carbocycles. The quantitative estimate of drug-likeness (QED) is 0.743. The molecule has 1 atom stereocenters. The molecule has 2 aliphatic heterocycles. The van der Waals surface area contributed by atoms with Crippen LogP contribution in [0.4, 0.5) is 0 Å². The summed E-state index contributed by atoms with van der Waals surface area (Å²) in [6.07, 6.45) is 2.20. The molecule has 1 amide bonds. The molecule has 0 aromatic rings. The number of nitrogens with two attached hydrogens (primary N) is 1. The van der Waals surface area contributed by atoms with Crippen molar-refractivity contribution in [3.8, 4) is 0 Å². The van der Waals surface area contributed by atoms with Crippen molar-refractivity contribution in [1.29, 1.82) is 0 Å². The number of hydrogen-bond donors (Lipinski definition) is 1. The molecular weight excluding hydrogens is 208 g/mol. The largest absolute Gasteiger partial charge is 0.370 e. The fraction of sp³-hybridized carbons (Fsp3) is 0.909. The minimum absolute atomic E-state index is 0.219. The summed E-state index contributed by atoms with van der Waals surface area (Å²) in [5, 5.41) is 0. The zero-order chi connectivity index (χ0) is 11.6. The smallest absolute Gasteiger partial charge is 0.218 e. The molecule has 92 valence electrons. The topological polar surface area (TPSA) is 64.8 Å². The van der Waals surface area contributed by atoms with Gasteiger partial charge in [0.05, 0.1) is 13.2 Å². The highest BCUT2D eigenvalue weighted by atomic mass is 16.7. The molecule has 16 heavy (non-hydrogen) atoms. The molecule has 0 bridgehead atoms. The molecule has 0 radical (unpaired) electrons. The first-order valence-electron chi connectivity index (χ1n) is 5.92. The standard InChI is InChI=1S/C11H20N2O3/c1-9(8-10(12)14)13-4-2-11(3-5-13)15-6-7-16-11/h9H,2-8H2,1H3,(H2,12,14). The van der Waals surface area contributed by atoms with Gasteiger partial charge in [-0.3, -0.25) is 9.69 Å². The molecule has 1 spiro atoms. The van der Waals surface area contributed by atoms with Gasteiger partial charge >= 0.3 is 0 Å². The summed E-state index contributed by atoms with van der Waals surface area (Å²) in [7, 11) is 0. The first kappa shape index (κ1) is 11.8. The van der Waals surface area contributed by atoms with Gasteiger partial charge in [0.15, 0.2) is 5.79 Å². The van der Waals surface area contributed by atoms with E-state index in [2.05, 4.69) is 4.90 Å². The third-order valence-corrected chi connectivity index (χ3v) is 3.49. The lowest BCUT2D eigenvalue weighted by Crippen LogP contribution is -2.48. The summed E-state index contributed by atoms with van der Waals surface area (Å²) < 4.78 is 11.3. The number of rotatable bonds is 3. The second kappa shape index (κ2) is 4.69. The van der Waals surface area contributed by atoms with Crippen molar-refractivity contribution in [1.82, 2.24) is 4.90 Å². The van der Waals surface area contributed by atoms with Crippen LogP contribution < -0.4 is 5.73 Å². The predicted molar refractivity (Wildman–Crippen MR) is 58.7 cm³/mol. The Kier molecular flexibility index (Phi) is 3.47. The van der Waals surface area contributed by atoms with Crippen molar-refractivity contribution in [3.05, 3.63) is 0 Å². The van der Waals surface area contributed by atoms with Crippen LogP contribution in [0.5, 0.6) is 0 Å². The Hall–Kier alpha value is -0.650. The highest BCUT2D eigenvalue weighted by Gasteiger charge is 2.40. The number of carbonyl (C=O) groups excluding carboxylic acids is 1. The van der Waals surface area contributed by atoms with Crippen LogP contribution in [-0.2, 0) is 14.3 Å². The molecule has 2 fully saturated rings. The van der Waals surface area contributed by atoms with Crippen molar-refractivity contribution < 1.29 is 14.3 Å². The monoisotopic (exact) mass is 228 g/mol. The first-order valence-corrected chi connectivity index (χ1v) is 5.92. The van der Waals surface area contributed by atoms with Crippen LogP contribution in [0.25, 0.3) is 0 Å². The van der Waals surface area contributed by atoms with Crippen molar-refractivity contribution in [2.75, 3.05) is 26.3 Å². The molecule has 5 nitrogen and oxygen atoms in total. The zero-order valence-electron chi connectivity index (χ0n) is 9.78. The van der Waals surface area contributed by atoms with E-state index in [1.165, 1.54) is 0 Å². The summed E-state index contributed by atoms with van der Waals surface area (Å²) in [6.45, 7) is 5.27. The fourth-order valence-electron chi connectivity index (χ4n) is 2.51. The Morgan fingerprint density at radius 2 is 1.94 bits per heavy atom. The maximum absolute atomic E-state index is 10.8. The number of hydrogen-bond acceptors (Lipinski definition) is 4. The summed E-state index contributed by atoms with van der Waals surface area (Å²) in [6, 6.07) is 0.219. The molecule has 2 rings (SSSR count). The zero-order valence-corrected chi connectivity index (χ0v) is 9.78.